The van der Waals surface area contributed by atoms with Crippen LogP contribution in [-0.4, -0.2) is 25.8 Å². The number of carboxylic acid groups (broad SMARTS) is 1. The van der Waals surface area contributed by atoms with Gasteiger partial charge in [0.2, 0.25) is 0 Å². The summed E-state index contributed by atoms with van der Waals surface area (Å²) in [5.41, 5.74) is 0. The summed E-state index contributed by atoms with van der Waals surface area (Å²) < 4.78 is 1.86. The minimum atomic E-state index is -0.798. The fraction of sp³-hybridized carbons (Fsp3) is 0.667. The molecule has 0 saturated carbocycles. The van der Waals surface area contributed by atoms with Crippen molar-refractivity contribution in [1.29, 1.82) is 0 Å². The first-order chi connectivity index (χ1) is 6.52. The van der Waals surface area contributed by atoms with Gasteiger partial charge in [-0.3, -0.25) is 4.79 Å². The van der Waals surface area contributed by atoms with Crippen molar-refractivity contribution in [2.24, 2.45) is 0 Å². The predicted molar refractivity (Wildman–Crippen MR) is 51.1 cm³/mol. The van der Waals surface area contributed by atoms with Gasteiger partial charge in [-0.2, -0.15) is 0 Å². The van der Waals surface area contributed by atoms with E-state index in [1.807, 2.05) is 25.3 Å². The molecule has 0 radical (unpaired) electrons. The number of rotatable bonds is 4. The highest BCUT2D eigenvalue weighted by atomic mass is 16.4. The van der Waals surface area contributed by atoms with Crippen molar-refractivity contribution in [2.75, 3.05) is 0 Å². The number of aryl methyl sites for hydroxylation is 1. The lowest BCUT2D eigenvalue weighted by Gasteiger charge is -2.08. The fourth-order valence-electron chi connectivity index (χ4n) is 1.31. The van der Waals surface area contributed by atoms with Gasteiger partial charge in [0.25, 0.3) is 0 Å². The van der Waals surface area contributed by atoms with E-state index in [9.17, 15) is 4.79 Å². The molecule has 5 heteroatoms. The summed E-state index contributed by atoms with van der Waals surface area (Å²) in [4.78, 5) is 10.4. The maximum Gasteiger partial charge on any atom is 0.305 e. The molecule has 0 unspecified atom stereocenters. The molecule has 0 saturated heterocycles. The fourth-order valence-corrected chi connectivity index (χ4v) is 1.31. The van der Waals surface area contributed by atoms with Crippen molar-refractivity contribution >= 4 is 5.97 Å². The molecule has 0 atom stereocenters. The maximum atomic E-state index is 10.4. The molecule has 0 aliphatic heterocycles. The third-order valence-corrected chi connectivity index (χ3v) is 2.03. The van der Waals surface area contributed by atoms with Crippen LogP contribution in [0.2, 0.25) is 0 Å². The smallest absolute Gasteiger partial charge is 0.305 e. The van der Waals surface area contributed by atoms with Crippen LogP contribution in [0.5, 0.6) is 0 Å². The molecule has 78 valence electrons. The molecule has 1 aromatic rings. The minimum Gasteiger partial charge on any atom is -0.481 e. The number of aromatic nitrogens is 3. The average Bonchev–Trinajstić information content (AvgIpc) is 2.43. The van der Waals surface area contributed by atoms with Gasteiger partial charge in [-0.05, 0) is 6.92 Å². The molecule has 1 rings (SSSR count). The molecular formula is C9H15N3O2. The zero-order valence-electron chi connectivity index (χ0n) is 8.69. The largest absolute Gasteiger partial charge is 0.481 e. The number of carbonyl (C=O) groups is 1. The maximum absolute atomic E-state index is 10.4. The quantitative estimate of drug-likeness (QED) is 0.787. The molecule has 14 heavy (non-hydrogen) atoms. The van der Waals surface area contributed by atoms with E-state index in [1.54, 1.807) is 0 Å². The predicted octanol–water partition coefficient (Wildman–Crippen LogP) is 1.18. The van der Waals surface area contributed by atoms with Crippen molar-refractivity contribution in [3.05, 3.63) is 11.6 Å². The van der Waals surface area contributed by atoms with Gasteiger partial charge in [-0.25, -0.2) is 0 Å². The first-order valence-electron chi connectivity index (χ1n) is 4.64. The second-order valence-electron chi connectivity index (χ2n) is 3.56. The standard InChI is InChI=1S/C9H15N3O2/c1-6(2)9-11-10-7(3)12(9)5-4-8(13)14/h6H,4-5H2,1-3H3,(H,13,14). The molecule has 0 aliphatic rings. The second-order valence-corrected chi connectivity index (χ2v) is 3.56. The summed E-state index contributed by atoms with van der Waals surface area (Å²) >= 11 is 0. The van der Waals surface area contributed by atoms with Crippen LogP contribution < -0.4 is 0 Å². The Morgan fingerprint density at radius 3 is 2.64 bits per heavy atom. The van der Waals surface area contributed by atoms with E-state index < -0.39 is 5.97 Å². The van der Waals surface area contributed by atoms with Crippen molar-refractivity contribution in [3.63, 3.8) is 0 Å². The van der Waals surface area contributed by atoms with Crippen LogP contribution in [0, 0.1) is 6.92 Å². The molecule has 5 nitrogen and oxygen atoms in total. The van der Waals surface area contributed by atoms with Gasteiger partial charge in [0.1, 0.15) is 11.6 Å². The highest BCUT2D eigenvalue weighted by Gasteiger charge is 2.12. The minimum absolute atomic E-state index is 0.110. The Morgan fingerprint density at radius 1 is 1.50 bits per heavy atom. The molecule has 0 spiro atoms. The van der Waals surface area contributed by atoms with E-state index in [4.69, 9.17) is 5.11 Å². The van der Waals surface area contributed by atoms with Gasteiger partial charge in [-0.1, -0.05) is 13.8 Å². The molecular weight excluding hydrogens is 182 g/mol. The second kappa shape index (κ2) is 4.21. The normalized spacial score (nSPS) is 10.9. The average molecular weight is 197 g/mol. The molecule has 1 N–H and O–H groups in total. The number of aliphatic carboxylic acids is 1. The first-order valence-corrected chi connectivity index (χ1v) is 4.64. The summed E-state index contributed by atoms with van der Waals surface area (Å²) in [5.74, 6) is 1.09. The molecule has 0 amide bonds. The molecule has 0 fully saturated rings. The van der Waals surface area contributed by atoms with Crippen molar-refractivity contribution in [3.8, 4) is 0 Å². The molecule has 0 aromatic carbocycles. The Bertz CT molecular complexity index is 331. The third-order valence-electron chi connectivity index (χ3n) is 2.03. The van der Waals surface area contributed by atoms with Crippen LogP contribution in [0.4, 0.5) is 0 Å². The summed E-state index contributed by atoms with van der Waals surface area (Å²) in [6.07, 6.45) is 0.110. The van der Waals surface area contributed by atoms with Crippen molar-refractivity contribution < 1.29 is 9.90 Å². The van der Waals surface area contributed by atoms with Crippen LogP contribution in [-0.2, 0) is 11.3 Å². The van der Waals surface area contributed by atoms with Gasteiger partial charge >= 0.3 is 5.97 Å². The SMILES string of the molecule is Cc1nnc(C(C)C)n1CCC(=O)O. The van der Waals surface area contributed by atoms with E-state index in [-0.39, 0.29) is 12.3 Å². The van der Waals surface area contributed by atoms with Crippen LogP contribution in [0.15, 0.2) is 0 Å². The van der Waals surface area contributed by atoms with E-state index in [0.29, 0.717) is 6.54 Å². The van der Waals surface area contributed by atoms with Crippen LogP contribution >= 0.6 is 0 Å². The lowest BCUT2D eigenvalue weighted by molar-refractivity contribution is -0.137. The van der Waals surface area contributed by atoms with E-state index in [2.05, 4.69) is 10.2 Å². The Balaban J connectivity index is 2.82. The summed E-state index contributed by atoms with van der Waals surface area (Å²) in [7, 11) is 0. The van der Waals surface area contributed by atoms with Crippen molar-refractivity contribution in [2.45, 2.75) is 39.7 Å². The first kappa shape index (κ1) is 10.7. The van der Waals surface area contributed by atoms with Gasteiger partial charge < -0.3 is 9.67 Å². The van der Waals surface area contributed by atoms with Crippen LogP contribution in [0.3, 0.4) is 0 Å². The molecule has 0 bridgehead atoms. The Hall–Kier alpha value is -1.39. The zero-order valence-corrected chi connectivity index (χ0v) is 8.69. The van der Waals surface area contributed by atoms with Gasteiger partial charge in [0.15, 0.2) is 0 Å². The number of hydrogen-bond acceptors (Lipinski definition) is 3. The summed E-state index contributed by atoms with van der Waals surface area (Å²) in [5, 5.41) is 16.5. The topological polar surface area (TPSA) is 68.0 Å². The highest BCUT2D eigenvalue weighted by molar-refractivity contribution is 5.66. The molecule has 0 aliphatic carbocycles. The Morgan fingerprint density at radius 2 is 2.14 bits per heavy atom. The number of nitrogens with zero attached hydrogens (tertiary/aromatic N) is 3. The van der Waals surface area contributed by atoms with E-state index in [1.165, 1.54) is 0 Å². The monoisotopic (exact) mass is 197 g/mol. The zero-order chi connectivity index (χ0) is 10.7. The lowest BCUT2D eigenvalue weighted by Crippen LogP contribution is -2.10. The molecule has 1 heterocycles. The third kappa shape index (κ3) is 2.31. The molecule has 1 aromatic heterocycles. The lowest BCUT2D eigenvalue weighted by atomic mass is 10.2. The van der Waals surface area contributed by atoms with Crippen molar-refractivity contribution in [1.82, 2.24) is 14.8 Å². The number of carboxylic acids is 1. The summed E-state index contributed by atoms with van der Waals surface area (Å²) in [6.45, 7) is 6.31. The Kier molecular flexibility index (Phi) is 3.22. The van der Waals surface area contributed by atoms with Crippen LogP contribution in [0.25, 0.3) is 0 Å². The summed E-state index contributed by atoms with van der Waals surface area (Å²) in [6, 6.07) is 0. The number of hydrogen-bond donors (Lipinski definition) is 1. The van der Waals surface area contributed by atoms with Gasteiger partial charge in [0, 0.05) is 12.5 Å². The van der Waals surface area contributed by atoms with Gasteiger partial charge in [0.05, 0.1) is 6.42 Å². The van der Waals surface area contributed by atoms with Gasteiger partial charge in [-0.15, -0.1) is 10.2 Å². The van der Waals surface area contributed by atoms with E-state index in [0.717, 1.165) is 11.6 Å². The Labute approximate surface area is 82.8 Å². The van der Waals surface area contributed by atoms with Crippen LogP contribution in [0.1, 0.15) is 37.8 Å². The van der Waals surface area contributed by atoms with E-state index >= 15 is 0 Å². The highest BCUT2D eigenvalue weighted by Crippen LogP contribution is 2.13.